The Bertz CT molecular complexity index is 1080. The molecule has 1 aromatic carbocycles. The monoisotopic (exact) mass is 403 g/mol. The summed E-state index contributed by atoms with van der Waals surface area (Å²) in [6.07, 6.45) is 6.39. The maximum absolute atomic E-state index is 13.2. The van der Waals surface area contributed by atoms with Gasteiger partial charge in [-0.3, -0.25) is 19.1 Å². The SMILES string of the molecule is Cn1c(NCCCc2ccccc2)nc(-c2ccncc2)c(N2CCCC2=O)c1=O. The maximum atomic E-state index is 13.2. The predicted octanol–water partition coefficient (Wildman–Crippen LogP) is 3.01. The summed E-state index contributed by atoms with van der Waals surface area (Å²) in [5, 5.41) is 3.30. The molecule has 154 valence electrons. The Kier molecular flexibility index (Phi) is 5.88. The summed E-state index contributed by atoms with van der Waals surface area (Å²) in [7, 11) is 1.69. The molecule has 0 spiro atoms. The maximum Gasteiger partial charge on any atom is 0.279 e. The molecule has 7 nitrogen and oxygen atoms in total. The summed E-state index contributed by atoms with van der Waals surface area (Å²) in [5.41, 5.74) is 2.69. The van der Waals surface area contributed by atoms with Crippen molar-refractivity contribution in [2.24, 2.45) is 7.05 Å². The topological polar surface area (TPSA) is 80.1 Å². The predicted molar refractivity (Wildman–Crippen MR) is 118 cm³/mol. The Morgan fingerprint density at radius 1 is 1.07 bits per heavy atom. The largest absolute Gasteiger partial charge is 0.356 e. The molecule has 30 heavy (non-hydrogen) atoms. The van der Waals surface area contributed by atoms with Crippen molar-refractivity contribution in [1.82, 2.24) is 14.5 Å². The number of carbonyl (C=O) groups is 1. The second kappa shape index (κ2) is 8.90. The summed E-state index contributed by atoms with van der Waals surface area (Å²) in [5.74, 6) is 0.461. The van der Waals surface area contributed by atoms with E-state index in [0.717, 1.165) is 24.8 Å². The molecule has 4 rings (SSSR count). The second-order valence-corrected chi connectivity index (χ2v) is 7.40. The Labute approximate surface area is 175 Å². The van der Waals surface area contributed by atoms with E-state index in [1.807, 2.05) is 30.3 Å². The third kappa shape index (κ3) is 4.10. The first-order valence-corrected chi connectivity index (χ1v) is 10.2. The van der Waals surface area contributed by atoms with Gasteiger partial charge in [-0.2, -0.15) is 0 Å². The van der Waals surface area contributed by atoms with Gasteiger partial charge in [0.15, 0.2) is 0 Å². The number of anilines is 2. The van der Waals surface area contributed by atoms with Crippen molar-refractivity contribution in [3.05, 3.63) is 70.8 Å². The van der Waals surface area contributed by atoms with E-state index in [4.69, 9.17) is 4.98 Å². The fourth-order valence-electron chi connectivity index (χ4n) is 3.72. The van der Waals surface area contributed by atoms with Gasteiger partial charge in [0.2, 0.25) is 11.9 Å². The van der Waals surface area contributed by atoms with Crippen LogP contribution in [0.3, 0.4) is 0 Å². The van der Waals surface area contributed by atoms with E-state index < -0.39 is 0 Å². The van der Waals surface area contributed by atoms with E-state index in [9.17, 15) is 9.59 Å². The van der Waals surface area contributed by atoms with E-state index in [0.29, 0.717) is 36.8 Å². The molecular weight excluding hydrogens is 378 g/mol. The third-order valence-electron chi connectivity index (χ3n) is 5.33. The number of nitrogens with zero attached hydrogens (tertiary/aromatic N) is 4. The Hall–Kier alpha value is -3.48. The van der Waals surface area contributed by atoms with Gasteiger partial charge < -0.3 is 10.2 Å². The molecule has 0 bridgehead atoms. The molecule has 3 heterocycles. The number of nitrogens with one attached hydrogen (secondary N) is 1. The van der Waals surface area contributed by atoms with Crippen LogP contribution in [0.4, 0.5) is 11.6 Å². The Balaban J connectivity index is 1.62. The van der Waals surface area contributed by atoms with Gasteiger partial charge in [-0.1, -0.05) is 30.3 Å². The highest BCUT2D eigenvalue weighted by Gasteiger charge is 2.29. The zero-order chi connectivity index (χ0) is 20.9. The van der Waals surface area contributed by atoms with Crippen molar-refractivity contribution < 1.29 is 4.79 Å². The van der Waals surface area contributed by atoms with Crippen LogP contribution < -0.4 is 15.8 Å². The van der Waals surface area contributed by atoms with Crippen LogP contribution in [0.1, 0.15) is 24.8 Å². The van der Waals surface area contributed by atoms with Crippen molar-refractivity contribution in [2.45, 2.75) is 25.7 Å². The lowest BCUT2D eigenvalue weighted by Gasteiger charge is -2.21. The molecule has 0 atom stereocenters. The quantitative estimate of drug-likeness (QED) is 0.614. The first-order chi connectivity index (χ1) is 14.6. The highest BCUT2D eigenvalue weighted by Crippen LogP contribution is 2.29. The number of benzene rings is 1. The van der Waals surface area contributed by atoms with Gasteiger partial charge in [0.25, 0.3) is 5.56 Å². The molecular formula is C23H25N5O2. The average molecular weight is 403 g/mol. The van der Waals surface area contributed by atoms with Crippen molar-refractivity contribution in [3.8, 4) is 11.3 Å². The number of carbonyl (C=O) groups excluding carboxylic acids is 1. The minimum absolute atomic E-state index is 0.0345. The van der Waals surface area contributed by atoms with Gasteiger partial charge in [0.1, 0.15) is 11.4 Å². The van der Waals surface area contributed by atoms with E-state index in [1.165, 1.54) is 10.1 Å². The standard InChI is InChI=1S/C23H25N5O2/c1-27-22(30)21(28-16-6-10-19(28)29)20(18-11-14-24-15-12-18)26-23(27)25-13-5-9-17-7-3-2-4-8-17/h2-4,7-8,11-12,14-15H,5-6,9-10,13,16H2,1H3,(H,25,26). The molecule has 0 radical (unpaired) electrons. The fraction of sp³-hybridized carbons (Fsp3) is 0.304. The van der Waals surface area contributed by atoms with Crippen LogP contribution in [0.15, 0.2) is 59.7 Å². The second-order valence-electron chi connectivity index (χ2n) is 7.40. The Morgan fingerprint density at radius 2 is 1.83 bits per heavy atom. The number of hydrogen-bond acceptors (Lipinski definition) is 5. The van der Waals surface area contributed by atoms with E-state index >= 15 is 0 Å². The van der Waals surface area contributed by atoms with Crippen LogP contribution >= 0.6 is 0 Å². The molecule has 0 unspecified atom stereocenters. The van der Waals surface area contributed by atoms with Crippen molar-refractivity contribution in [3.63, 3.8) is 0 Å². The average Bonchev–Trinajstić information content (AvgIpc) is 3.20. The zero-order valence-electron chi connectivity index (χ0n) is 17.0. The Morgan fingerprint density at radius 3 is 2.53 bits per heavy atom. The fourth-order valence-corrected chi connectivity index (χ4v) is 3.72. The van der Waals surface area contributed by atoms with E-state index in [-0.39, 0.29) is 11.5 Å². The smallest absolute Gasteiger partial charge is 0.279 e. The lowest BCUT2D eigenvalue weighted by molar-refractivity contribution is -0.117. The van der Waals surface area contributed by atoms with Crippen LogP contribution in [0.2, 0.25) is 0 Å². The number of pyridine rings is 1. The number of rotatable bonds is 7. The molecule has 1 N–H and O–H groups in total. The lowest BCUT2D eigenvalue weighted by Crippen LogP contribution is -2.34. The first-order valence-electron chi connectivity index (χ1n) is 10.2. The molecule has 0 saturated carbocycles. The summed E-state index contributed by atoms with van der Waals surface area (Å²) in [4.78, 5) is 36.0. The molecule has 3 aromatic rings. The van der Waals surface area contributed by atoms with Gasteiger partial charge in [-0.05, 0) is 37.0 Å². The van der Waals surface area contributed by atoms with Gasteiger partial charge in [-0.15, -0.1) is 0 Å². The summed E-state index contributed by atoms with van der Waals surface area (Å²) in [6, 6.07) is 13.9. The number of hydrogen-bond donors (Lipinski definition) is 1. The number of aromatic nitrogens is 3. The van der Waals surface area contributed by atoms with Gasteiger partial charge in [-0.25, -0.2) is 4.98 Å². The molecule has 1 aliphatic rings. The van der Waals surface area contributed by atoms with Crippen LogP contribution in [0.5, 0.6) is 0 Å². The molecule has 1 amide bonds. The minimum Gasteiger partial charge on any atom is -0.356 e. The first kappa shape index (κ1) is 19.8. The van der Waals surface area contributed by atoms with Crippen LogP contribution in [-0.4, -0.2) is 33.5 Å². The highest BCUT2D eigenvalue weighted by atomic mass is 16.2. The zero-order valence-corrected chi connectivity index (χ0v) is 17.0. The third-order valence-corrected chi connectivity index (χ3v) is 5.33. The number of aryl methyl sites for hydroxylation is 1. The van der Waals surface area contributed by atoms with Crippen molar-refractivity contribution >= 4 is 17.5 Å². The van der Waals surface area contributed by atoms with Crippen molar-refractivity contribution in [2.75, 3.05) is 23.3 Å². The van der Waals surface area contributed by atoms with Gasteiger partial charge in [0.05, 0.1) is 0 Å². The summed E-state index contributed by atoms with van der Waals surface area (Å²) >= 11 is 0. The van der Waals surface area contributed by atoms with Crippen molar-refractivity contribution in [1.29, 1.82) is 0 Å². The van der Waals surface area contributed by atoms with Crippen LogP contribution in [-0.2, 0) is 18.3 Å². The molecule has 0 aliphatic carbocycles. The van der Waals surface area contributed by atoms with E-state index in [1.54, 1.807) is 24.3 Å². The van der Waals surface area contributed by atoms with Gasteiger partial charge >= 0.3 is 0 Å². The lowest BCUT2D eigenvalue weighted by atomic mass is 10.1. The van der Waals surface area contributed by atoms with Gasteiger partial charge in [0, 0.05) is 44.5 Å². The summed E-state index contributed by atoms with van der Waals surface area (Å²) in [6.45, 7) is 1.23. The van der Waals surface area contributed by atoms with Crippen LogP contribution in [0.25, 0.3) is 11.3 Å². The molecule has 7 heteroatoms. The minimum atomic E-state index is -0.224. The molecule has 1 aliphatic heterocycles. The number of amides is 1. The molecule has 1 fully saturated rings. The molecule has 1 saturated heterocycles. The van der Waals surface area contributed by atoms with Crippen LogP contribution in [0, 0.1) is 0 Å². The molecule has 2 aromatic heterocycles. The summed E-state index contributed by atoms with van der Waals surface area (Å²) < 4.78 is 1.49. The van der Waals surface area contributed by atoms with E-state index in [2.05, 4.69) is 22.4 Å². The normalized spacial score (nSPS) is 13.6. The highest BCUT2D eigenvalue weighted by molar-refractivity contribution is 5.98.